The molecule has 0 N–H and O–H groups in total. The van der Waals surface area contributed by atoms with E-state index in [1.807, 2.05) is 39.8 Å². The summed E-state index contributed by atoms with van der Waals surface area (Å²) in [5.41, 5.74) is 1.85. The van der Waals surface area contributed by atoms with E-state index in [2.05, 4.69) is 10.2 Å². The smallest absolute Gasteiger partial charge is 0.243 e. The van der Waals surface area contributed by atoms with Crippen molar-refractivity contribution in [3.63, 3.8) is 0 Å². The fraction of sp³-hybridized carbons (Fsp3) is 0.556. The van der Waals surface area contributed by atoms with Gasteiger partial charge in [0.25, 0.3) is 0 Å². The first-order valence-corrected chi connectivity index (χ1v) is 10.1. The molecule has 0 bridgehead atoms. The summed E-state index contributed by atoms with van der Waals surface area (Å²) in [4.78, 5) is 0.399. The van der Waals surface area contributed by atoms with E-state index in [1.165, 1.54) is 0 Å². The topological polar surface area (TPSA) is 76.3 Å². The zero-order chi connectivity index (χ0) is 18.2. The van der Waals surface area contributed by atoms with Crippen LogP contribution in [0.1, 0.15) is 61.4 Å². The number of aromatic nitrogens is 2. The van der Waals surface area contributed by atoms with Gasteiger partial charge in [-0.3, -0.25) is 0 Å². The lowest BCUT2D eigenvalue weighted by atomic mass is 9.98. The summed E-state index contributed by atoms with van der Waals surface area (Å²) in [6.07, 6.45) is 1.40. The molecule has 0 atom stereocenters. The highest BCUT2D eigenvalue weighted by Crippen LogP contribution is 2.31. The van der Waals surface area contributed by atoms with E-state index >= 15 is 0 Å². The van der Waals surface area contributed by atoms with Crippen molar-refractivity contribution in [1.82, 2.24) is 14.5 Å². The molecule has 1 aromatic heterocycles. The van der Waals surface area contributed by atoms with Crippen LogP contribution < -0.4 is 0 Å². The number of piperidine rings is 1. The highest BCUT2D eigenvalue weighted by atomic mass is 32.2. The van der Waals surface area contributed by atoms with Crippen LogP contribution in [0.5, 0.6) is 0 Å². The second kappa shape index (κ2) is 6.88. The van der Waals surface area contributed by atoms with E-state index in [9.17, 15) is 8.42 Å². The van der Waals surface area contributed by atoms with Crippen molar-refractivity contribution in [3.05, 3.63) is 41.1 Å². The van der Waals surface area contributed by atoms with Crippen LogP contribution >= 0.6 is 0 Å². The molecule has 1 aromatic carbocycles. The summed E-state index contributed by atoms with van der Waals surface area (Å²) < 4.78 is 33.2. The van der Waals surface area contributed by atoms with Crippen molar-refractivity contribution in [3.8, 4) is 0 Å². The third-order valence-corrected chi connectivity index (χ3v) is 6.76. The SMILES string of the molecule is Cc1ccc(S(=O)(=O)N2CCC(c3nnc(C(C)C)o3)CC2)c(C)c1. The molecule has 0 amide bonds. The number of hydrogen-bond donors (Lipinski definition) is 0. The van der Waals surface area contributed by atoms with Gasteiger partial charge in [0, 0.05) is 24.9 Å². The van der Waals surface area contributed by atoms with E-state index in [4.69, 9.17) is 4.42 Å². The van der Waals surface area contributed by atoms with Crippen LogP contribution in [-0.4, -0.2) is 36.0 Å². The number of aryl methyl sites for hydroxylation is 2. The van der Waals surface area contributed by atoms with Crippen LogP contribution in [0.25, 0.3) is 0 Å². The number of nitrogens with zero attached hydrogens (tertiary/aromatic N) is 3. The lowest BCUT2D eigenvalue weighted by Gasteiger charge is -2.30. The van der Waals surface area contributed by atoms with Crippen LogP contribution in [0.2, 0.25) is 0 Å². The molecule has 7 heteroatoms. The van der Waals surface area contributed by atoms with Crippen molar-refractivity contribution in [1.29, 1.82) is 0 Å². The minimum absolute atomic E-state index is 0.130. The molecule has 2 heterocycles. The van der Waals surface area contributed by atoms with Gasteiger partial charge in [0.1, 0.15) is 0 Å². The quantitative estimate of drug-likeness (QED) is 0.832. The standard InChI is InChI=1S/C18H25N3O3S/c1-12(2)17-19-20-18(24-17)15-7-9-21(10-8-15)25(22,23)16-6-5-13(3)11-14(16)4/h5-6,11-12,15H,7-10H2,1-4H3. The maximum absolute atomic E-state index is 12.9. The molecular formula is C18H25N3O3S. The Morgan fingerprint density at radius 2 is 1.84 bits per heavy atom. The Kier molecular flexibility index (Phi) is 4.97. The van der Waals surface area contributed by atoms with Gasteiger partial charge in [0.15, 0.2) is 0 Å². The summed E-state index contributed by atoms with van der Waals surface area (Å²) in [6.45, 7) is 8.77. The first-order valence-electron chi connectivity index (χ1n) is 8.69. The average Bonchev–Trinajstić information content (AvgIpc) is 3.05. The minimum atomic E-state index is -3.46. The van der Waals surface area contributed by atoms with Gasteiger partial charge in [-0.1, -0.05) is 31.5 Å². The molecule has 2 aromatic rings. The highest BCUT2D eigenvalue weighted by Gasteiger charge is 2.32. The predicted molar refractivity (Wildman–Crippen MR) is 95.0 cm³/mol. The Hall–Kier alpha value is -1.73. The van der Waals surface area contributed by atoms with Crippen LogP contribution in [0.15, 0.2) is 27.5 Å². The largest absolute Gasteiger partial charge is 0.425 e. The summed E-state index contributed by atoms with van der Waals surface area (Å²) >= 11 is 0. The summed E-state index contributed by atoms with van der Waals surface area (Å²) in [6, 6.07) is 5.46. The summed E-state index contributed by atoms with van der Waals surface area (Å²) in [7, 11) is -3.46. The van der Waals surface area contributed by atoms with Gasteiger partial charge in [-0.15, -0.1) is 10.2 Å². The number of hydrogen-bond acceptors (Lipinski definition) is 5. The fourth-order valence-corrected chi connectivity index (χ4v) is 4.89. The molecule has 25 heavy (non-hydrogen) atoms. The van der Waals surface area contributed by atoms with E-state index in [-0.39, 0.29) is 11.8 Å². The van der Waals surface area contributed by atoms with Crippen molar-refractivity contribution >= 4 is 10.0 Å². The Bertz CT molecular complexity index is 850. The van der Waals surface area contributed by atoms with Gasteiger partial charge < -0.3 is 4.42 Å². The molecule has 3 rings (SSSR count). The van der Waals surface area contributed by atoms with E-state index in [0.717, 1.165) is 11.1 Å². The fourth-order valence-electron chi connectivity index (χ4n) is 3.22. The van der Waals surface area contributed by atoms with Crippen molar-refractivity contribution in [2.24, 2.45) is 0 Å². The first kappa shape index (κ1) is 18.1. The molecule has 6 nitrogen and oxygen atoms in total. The monoisotopic (exact) mass is 363 g/mol. The summed E-state index contributed by atoms with van der Waals surface area (Å²) in [5, 5.41) is 8.22. The van der Waals surface area contributed by atoms with Crippen molar-refractivity contribution in [2.45, 2.75) is 57.3 Å². The zero-order valence-electron chi connectivity index (χ0n) is 15.2. The Morgan fingerprint density at radius 1 is 1.16 bits per heavy atom. The number of sulfonamides is 1. The maximum Gasteiger partial charge on any atom is 0.243 e. The molecule has 0 radical (unpaired) electrons. The Labute approximate surface area is 149 Å². The van der Waals surface area contributed by atoms with E-state index < -0.39 is 10.0 Å². The molecule has 0 unspecified atom stereocenters. The van der Waals surface area contributed by atoms with Gasteiger partial charge in [0.05, 0.1) is 4.90 Å². The first-order chi connectivity index (χ1) is 11.8. The molecule has 1 fully saturated rings. The second-order valence-corrected chi connectivity index (χ2v) is 8.99. The van der Waals surface area contributed by atoms with Gasteiger partial charge in [-0.25, -0.2) is 8.42 Å². The zero-order valence-corrected chi connectivity index (χ0v) is 16.0. The molecule has 1 saturated heterocycles. The molecule has 1 aliphatic heterocycles. The van der Waals surface area contributed by atoms with E-state index in [1.54, 1.807) is 10.4 Å². The molecule has 136 valence electrons. The number of benzene rings is 1. The van der Waals surface area contributed by atoms with Gasteiger partial charge in [0.2, 0.25) is 21.8 Å². The normalized spacial score (nSPS) is 17.3. The molecule has 1 aliphatic rings. The third-order valence-electron chi connectivity index (χ3n) is 4.70. The van der Waals surface area contributed by atoms with Gasteiger partial charge in [-0.2, -0.15) is 4.31 Å². The Morgan fingerprint density at radius 3 is 2.40 bits per heavy atom. The van der Waals surface area contributed by atoms with Crippen LogP contribution in [0.4, 0.5) is 0 Å². The average molecular weight is 363 g/mol. The minimum Gasteiger partial charge on any atom is -0.425 e. The van der Waals surface area contributed by atoms with Crippen LogP contribution in [-0.2, 0) is 10.0 Å². The van der Waals surface area contributed by atoms with Crippen LogP contribution in [0.3, 0.4) is 0 Å². The third kappa shape index (κ3) is 3.62. The molecule has 0 spiro atoms. The van der Waals surface area contributed by atoms with Gasteiger partial charge >= 0.3 is 0 Å². The van der Waals surface area contributed by atoms with Gasteiger partial charge in [-0.05, 0) is 38.3 Å². The number of rotatable bonds is 4. The maximum atomic E-state index is 12.9. The molecule has 0 saturated carbocycles. The second-order valence-electron chi connectivity index (χ2n) is 7.08. The summed E-state index contributed by atoms with van der Waals surface area (Å²) in [5.74, 6) is 1.60. The van der Waals surface area contributed by atoms with Crippen LogP contribution in [0, 0.1) is 13.8 Å². The van der Waals surface area contributed by atoms with E-state index in [0.29, 0.717) is 42.6 Å². The van der Waals surface area contributed by atoms with Crippen molar-refractivity contribution < 1.29 is 12.8 Å². The Balaban J connectivity index is 1.72. The lowest BCUT2D eigenvalue weighted by Crippen LogP contribution is -2.38. The predicted octanol–water partition coefficient (Wildman–Crippen LogP) is 3.38. The molecular weight excluding hydrogens is 338 g/mol. The molecule has 0 aliphatic carbocycles. The highest BCUT2D eigenvalue weighted by molar-refractivity contribution is 7.89. The lowest BCUT2D eigenvalue weighted by molar-refractivity contribution is 0.285. The van der Waals surface area contributed by atoms with Crippen molar-refractivity contribution in [2.75, 3.05) is 13.1 Å².